The molecule has 0 radical (unpaired) electrons. The molecule has 0 fully saturated rings. The second kappa shape index (κ2) is 17.5. The van der Waals surface area contributed by atoms with E-state index in [0.717, 1.165) is 12.8 Å². The number of nitrogens with one attached hydrogen (secondary N) is 2. The summed E-state index contributed by atoms with van der Waals surface area (Å²) < 4.78 is 21.8. The normalized spacial score (nSPS) is 12.1. The van der Waals surface area contributed by atoms with Gasteiger partial charge in [0.1, 0.15) is 18.0 Å². The van der Waals surface area contributed by atoms with Gasteiger partial charge in [-0.25, -0.2) is 4.79 Å². The van der Waals surface area contributed by atoms with Crippen molar-refractivity contribution in [2.24, 2.45) is 0 Å². The van der Waals surface area contributed by atoms with Crippen LogP contribution in [0.4, 0.5) is 5.69 Å². The first-order valence-corrected chi connectivity index (χ1v) is 15.5. The molecule has 47 heavy (non-hydrogen) atoms. The molecule has 248 valence electrons. The Morgan fingerprint density at radius 3 is 2.30 bits per heavy atom. The van der Waals surface area contributed by atoms with Crippen LogP contribution in [0.2, 0.25) is 0 Å². The smallest absolute Gasteiger partial charge is 0.343 e. The fraction of sp³-hybridized carbons (Fsp3) is 0.306. The maximum Gasteiger partial charge on any atom is 0.343 e. The maximum atomic E-state index is 12.8. The molecular weight excluding hydrogens is 604 g/mol. The van der Waals surface area contributed by atoms with Crippen molar-refractivity contribution < 1.29 is 43.2 Å². The van der Waals surface area contributed by atoms with Crippen LogP contribution in [0, 0.1) is 0 Å². The lowest BCUT2D eigenvalue weighted by atomic mass is 10.0. The number of ether oxygens (including phenoxy) is 3. The second-order valence-electron chi connectivity index (χ2n) is 10.9. The summed E-state index contributed by atoms with van der Waals surface area (Å²) in [6, 6.07) is 19.7. The minimum atomic E-state index is -1.31. The van der Waals surface area contributed by atoms with Crippen LogP contribution < -0.4 is 24.8 Å². The van der Waals surface area contributed by atoms with Gasteiger partial charge in [0.05, 0.1) is 25.5 Å². The molecule has 0 aliphatic rings. The Morgan fingerprint density at radius 1 is 0.894 bits per heavy atom. The van der Waals surface area contributed by atoms with Gasteiger partial charge in [0.15, 0.2) is 17.3 Å². The highest BCUT2D eigenvalue weighted by Crippen LogP contribution is 2.30. The molecule has 1 heterocycles. The van der Waals surface area contributed by atoms with Crippen molar-refractivity contribution in [1.29, 1.82) is 0 Å². The van der Waals surface area contributed by atoms with E-state index in [1.807, 2.05) is 0 Å². The van der Waals surface area contributed by atoms with E-state index in [2.05, 4.69) is 17.6 Å². The number of amides is 1. The molecule has 11 heteroatoms. The molecule has 3 aromatic carbocycles. The molecule has 4 aromatic rings. The molecule has 1 aromatic heterocycles. The van der Waals surface area contributed by atoms with Gasteiger partial charge < -0.3 is 34.2 Å². The zero-order valence-corrected chi connectivity index (χ0v) is 26.4. The average Bonchev–Trinajstić information content (AvgIpc) is 3.63. The number of carboxylic acids is 1. The van der Waals surface area contributed by atoms with Crippen molar-refractivity contribution in [3.8, 4) is 17.2 Å². The highest BCUT2D eigenvalue weighted by atomic mass is 16.6. The van der Waals surface area contributed by atoms with E-state index >= 15 is 0 Å². The van der Waals surface area contributed by atoms with Crippen LogP contribution in [0.3, 0.4) is 0 Å². The van der Waals surface area contributed by atoms with Crippen molar-refractivity contribution in [2.75, 3.05) is 19.0 Å². The average molecular weight is 645 g/mol. The Hall–Kier alpha value is -5.13. The van der Waals surface area contributed by atoms with Gasteiger partial charge in [-0.1, -0.05) is 50.8 Å². The fourth-order valence-corrected chi connectivity index (χ4v) is 4.75. The molecule has 0 saturated carbocycles. The molecule has 0 saturated heterocycles. The summed E-state index contributed by atoms with van der Waals surface area (Å²) in [5.41, 5.74) is 1.78. The quantitative estimate of drug-likeness (QED) is 0.0414. The summed E-state index contributed by atoms with van der Waals surface area (Å²) in [7, 11) is 1.42. The van der Waals surface area contributed by atoms with Gasteiger partial charge in [-0.05, 0) is 84.6 Å². The molecular formula is C36H40N2O9. The Kier molecular flexibility index (Phi) is 13.0. The SMILES string of the molecule is CCCCCCCOc1ccc(C(=O)Oc2ccc(CC(NC(O)c3ccc(NC(=O)c4ccco4)cc3)C(=O)O)cc2OC)cc1. The molecule has 0 spiro atoms. The van der Waals surface area contributed by atoms with Crippen molar-refractivity contribution in [3.63, 3.8) is 0 Å². The van der Waals surface area contributed by atoms with Gasteiger partial charge in [-0.2, -0.15) is 0 Å². The Morgan fingerprint density at radius 2 is 1.64 bits per heavy atom. The fourth-order valence-electron chi connectivity index (χ4n) is 4.75. The van der Waals surface area contributed by atoms with Crippen molar-refractivity contribution in [3.05, 3.63) is 108 Å². The minimum absolute atomic E-state index is 0.00562. The van der Waals surface area contributed by atoms with Gasteiger partial charge in [0, 0.05) is 5.69 Å². The van der Waals surface area contributed by atoms with Crippen LogP contribution in [0.15, 0.2) is 89.5 Å². The molecule has 0 bridgehead atoms. The molecule has 4 N–H and O–H groups in total. The summed E-state index contributed by atoms with van der Waals surface area (Å²) in [5, 5.41) is 26.0. The number of esters is 1. The monoisotopic (exact) mass is 644 g/mol. The van der Waals surface area contributed by atoms with Crippen LogP contribution in [-0.4, -0.2) is 47.8 Å². The van der Waals surface area contributed by atoms with Crippen LogP contribution in [0.25, 0.3) is 0 Å². The largest absolute Gasteiger partial charge is 0.494 e. The van der Waals surface area contributed by atoms with Gasteiger partial charge in [0.2, 0.25) is 0 Å². The van der Waals surface area contributed by atoms with Crippen molar-refractivity contribution in [2.45, 2.75) is 57.7 Å². The number of methoxy groups -OCH3 is 1. The maximum absolute atomic E-state index is 12.8. The Balaban J connectivity index is 1.32. The van der Waals surface area contributed by atoms with Gasteiger partial charge in [-0.3, -0.25) is 14.9 Å². The first-order valence-electron chi connectivity index (χ1n) is 15.5. The second-order valence-corrected chi connectivity index (χ2v) is 10.9. The number of carbonyl (C=O) groups is 3. The van der Waals surface area contributed by atoms with E-state index in [9.17, 15) is 24.6 Å². The number of aliphatic hydroxyl groups excluding tert-OH is 1. The lowest BCUT2D eigenvalue weighted by Gasteiger charge is -2.20. The third-order valence-electron chi connectivity index (χ3n) is 7.36. The molecule has 1 amide bonds. The first kappa shape index (κ1) is 34.7. The van der Waals surface area contributed by atoms with Crippen LogP contribution in [0.5, 0.6) is 17.2 Å². The van der Waals surface area contributed by atoms with E-state index in [4.69, 9.17) is 18.6 Å². The predicted molar refractivity (Wildman–Crippen MR) is 175 cm³/mol. The predicted octanol–water partition coefficient (Wildman–Crippen LogP) is 6.39. The summed E-state index contributed by atoms with van der Waals surface area (Å²) in [6.45, 7) is 2.80. The molecule has 11 nitrogen and oxygen atoms in total. The summed E-state index contributed by atoms with van der Waals surface area (Å²) >= 11 is 0. The van der Waals surface area contributed by atoms with Crippen LogP contribution in [-0.2, 0) is 11.2 Å². The van der Waals surface area contributed by atoms with E-state index in [1.165, 1.54) is 44.8 Å². The summed E-state index contributed by atoms with van der Waals surface area (Å²) in [4.78, 5) is 37.1. The zero-order valence-electron chi connectivity index (χ0n) is 26.4. The topological polar surface area (TPSA) is 157 Å². The first-order chi connectivity index (χ1) is 22.8. The highest BCUT2D eigenvalue weighted by molar-refractivity contribution is 6.02. The molecule has 0 aliphatic carbocycles. The standard InChI is InChI=1S/C36H40N2O9/c1-3-4-5-6-7-20-45-28-17-13-26(14-18-28)36(43)47-30-19-10-24(23-32(30)44-2)22-29(35(41)42)38-33(39)25-11-15-27(16-12-25)37-34(40)31-9-8-21-46-31/h8-19,21,23,29,33,38-39H,3-7,20,22H2,1-2H3,(H,37,40)(H,41,42). The number of unbranched alkanes of at least 4 members (excludes halogenated alkanes) is 4. The van der Waals surface area contributed by atoms with E-state index in [0.29, 0.717) is 34.7 Å². The minimum Gasteiger partial charge on any atom is -0.494 e. The van der Waals surface area contributed by atoms with Gasteiger partial charge in [0.25, 0.3) is 5.91 Å². The van der Waals surface area contributed by atoms with E-state index in [1.54, 1.807) is 66.7 Å². The number of hydrogen-bond acceptors (Lipinski definition) is 9. The number of aliphatic hydroxyl groups is 1. The number of carboxylic acid groups (broad SMARTS) is 1. The zero-order chi connectivity index (χ0) is 33.6. The lowest BCUT2D eigenvalue weighted by molar-refractivity contribution is -0.140. The number of benzene rings is 3. The number of anilines is 1. The number of aliphatic carboxylic acids is 1. The van der Waals surface area contributed by atoms with Crippen LogP contribution >= 0.6 is 0 Å². The molecule has 0 aliphatic heterocycles. The molecule has 4 rings (SSSR count). The third-order valence-corrected chi connectivity index (χ3v) is 7.36. The van der Waals surface area contributed by atoms with E-state index in [-0.39, 0.29) is 23.7 Å². The summed E-state index contributed by atoms with van der Waals surface area (Å²) in [5.74, 6) is -0.930. The van der Waals surface area contributed by atoms with E-state index < -0.39 is 30.1 Å². The third kappa shape index (κ3) is 10.5. The Bertz CT molecular complexity index is 1590. The molecule has 2 atom stereocenters. The number of rotatable bonds is 18. The number of hydrogen-bond donors (Lipinski definition) is 4. The Labute approximate surface area is 273 Å². The van der Waals surface area contributed by atoms with Gasteiger partial charge >= 0.3 is 11.9 Å². The van der Waals surface area contributed by atoms with Crippen molar-refractivity contribution >= 4 is 23.5 Å². The van der Waals surface area contributed by atoms with Gasteiger partial charge in [-0.15, -0.1) is 0 Å². The highest BCUT2D eigenvalue weighted by Gasteiger charge is 2.23. The van der Waals surface area contributed by atoms with Crippen LogP contribution in [0.1, 0.15) is 77.3 Å². The van der Waals surface area contributed by atoms with Crippen molar-refractivity contribution in [1.82, 2.24) is 5.32 Å². The number of furan rings is 1. The lowest BCUT2D eigenvalue weighted by Crippen LogP contribution is -2.40. The number of carbonyl (C=O) groups excluding carboxylic acids is 2. The molecule has 2 unspecified atom stereocenters. The summed E-state index contributed by atoms with van der Waals surface area (Å²) in [6.07, 6.45) is 5.80.